The maximum absolute atomic E-state index is 12.6. The topological polar surface area (TPSA) is 91.5 Å². The Kier molecular flexibility index (Phi) is 3.44. The van der Waals surface area contributed by atoms with Crippen LogP contribution in [0.3, 0.4) is 0 Å². The third-order valence-electron chi connectivity index (χ3n) is 3.84. The smallest absolute Gasteiger partial charge is 0.313 e. The number of H-pyrrole nitrogens is 2. The lowest BCUT2D eigenvalue weighted by Gasteiger charge is -2.03. The SMILES string of the molecule is CC(=C(F)F)[C@H]1C[C@@H]1c1cnnc(-c2c[nH]c(=O)[nH]c2=O)c1. The lowest BCUT2D eigenvalue weighted by Crippen LogP contribution is -2.22. The zero-order valence-corrected chi connectivity index (χ0v) is 11.6. The van der Waals surface area contributed by atoms with Gasteiger partial charge in [0.25, 0.3) is 11.6 Å². The summed E-state index contributed by atoms with van der Waals surface area (Å²) in [5.74, 6) is -0.242. The van der Waals surface area contributed by atoms with Gasteiger partial charge in [-0.15, -0.1) is 0 Å². The molecule has 114 valence electrons. The van der Waals surface area contributed by atoms with Crippen LogP contribution in [-0.2, 0) is 0 Å². The second kappa shape index (κ2) is 5.28. The zero-order chi connectivity index (χ0) is 15.9. The predicted molar refractivity (Wildman–Crippen MR) is 74.5 cm³/mol. The summed E-state index contributed by atoms with van der Waals surface area (Å²) in [6, 6.07) is 1.64. The van der Waals surface area contributed by atoms with Crippen molar-refractivity contribution in [3.05, 3.63) is 56.5 Å². The summed E-state index contributed by atoms with van der Waals surface area (Å²) in [6.07, 6.45) is 1.74. The van der Waals surface area contributed by atoms with Gasteiger partial charge in [-0.3, -0.25) is 9.78 Å². The number of nitrogens with zero attached hydrogens (tertiary/aromatic N) is 2. The van der Waals surface area contributed by atoms with Gasteiger partial charge in [0.1, 0.15) is 5.69 Å². The molecule has 1 saturated carbocycles. The molecule has 2 aromatic heterocycles. The summed E-state index contributed by atoms with van der Waals surface area (Å²) in [5.41, 5.74) is 0.122. The number of rotatable bonds is 3. The summed E-state index contributed by atoms with van der Waals surface area (Å²) in [5, 5.41) is 7.69. The normalized spacial score (nSPS) is 19.8. The molecule has 0 unspecified atom stereocenters. The summed E-state index contributed by atoms with van der Waals surface area (Å²) in [7, 11) is 0. The van der Waals surface area contributed by atoms with Crippen LogP contribution in [0.5, 0.6) is 0 Å². The summed E-state index contributed by atoms with van der Waals surface area (Å²) >= 11 is 0. The van der Waals surface area contributed by atoms with Gasteiger partial charge in [0, 0.05) is 6.20 Å². The maximum Gasteiger partial charge on any atom is 0.325 e. The Labute approximate surface area is 122 Å². The minimum Gasteiger partial charge on any atom is -0.313 e. The standard InChI is InChI=1S/C14H12F2N4O2/c1-6(12(15)16)8-3-9(8)7-2-11(20-18-4-7)10-5-17-14(22)19-13(10)21/h2,4-5,8-9H,3H2,1H3,(H2,17,19,21,22)/t8-,9-/m1/s1. The molecule has 1 fully saturated rings. The molecule has 0 aliphatic heterocycles. The Hall–Kier alpha value is -2.64. The molecule has 0 radical (unpaired) electrons. The number of nitrogens with one attached hydrogen (secondary N) is 2. The van der Waals surface area contributed by atoms with E-state index >= 15 is 0 Å². The highest BCUT2D eigenvalue weighted by Gasteiger charge is 2.41. The van der Waals surface area contributed by atoms with Crippen LogP contribution in [0.2, 0.25) is 0 Å². The first-order valence-electron chi connectivity index (χ1n) is 6.64. The van der Waals surface area contributed by atoms with E-state index in [1.54, 1.807) is 6.07 Å². The second-order valence-corrected chi connectivity index (χ2v) is 5.25. The highest BCUT2D eigenvalue weighted by atomic mass is 19.3. The van der Waals surface area contributed by atoms with Crippen molar-refractivity contribution >= 4 is 0 Å². The zero-order valence-electron chi connectivity index (χ0n) is 11.6. The number of allylic oxidation sites excluding steroid dienone is 1. The molecule has 8 heteroatoms. The van der Waals surface area contributed by atoms with E-state index in [-0.39, 0.29) is 23.0 Å². The Morgan fingerprint density at radius 3 is 2.82 bits per heavy atom. The molecule has 2 aromatic rings. The number of halogens is 2. The summed E-state index contributed by atoms with van der Waals surface area (Å²) < 4.78 is 25.2. The van der Waals surface area contributed by atoms with Gasteiger partial charge in [-0.1, -0.05) is 0 Å². The van der Waals surface area contributed by atoms with Gasteiger partial charge in [0.05, 0.1) is 11.8 Å². The summed E-state index contributed by atoms with van der Waals surface area (Å²) in [4.78, 5) is 27.2. The lowest BCUT2D eigenvalue weighted by atomic mass is 10.1. The fourth-order valence-corrected chi connectivity index (χ4v) is 2.50. The fraction of sp³-hybridized carbons (Fsp3) is 0.286. The van der Waals surface area contributed by atoms with E-state index in [0.717, 1.165) is 5.56 Å². The lowest BCUT2D eigenvalue weighted by molar-refractivity contribution is 0.406. The van der Waals surface area contributed by atoms with E-state index in [1.807, 2.05) is 0 Å². The third kappa shape index (κ3) is 2.59. The maximum atomic E-state index is 12.6. The van der Waals surface area contributed by atoms with Crippen molar-refractivity contribution in [1.29, 1.82) is 0 Å². The molecular weight excluding hydrogens is 294 g/mol. The van der Waals surface area contributed by atoms with Crippen LogP contribution in [-0.4, -0.2) is 20.2 Å². The Morgan fingerprint density at radius 2 is 2.14 bits per heavy atom. The van der Waals surface area contributed by atoms with Crippen molar-refractivity contribution in [3.63, 3.8) is 0 Å². The number of aromatic amines is 2. The summed E-state index contributed by atoms with van der Waals surface area (Å²) in [6.45, 7) is 1.42. The van der Waals surface area contributed by atoms with E-state index in [2.05, 4.69) is 20.2 Å². The van der Waals surface area contributed by atoms with Crippen molar-refractivity contribution in [2.24, 2.45) is 5.92 Å². The van der Waals surface area contributed by atoms with Crippen molar-refractivity contribution < 1.29 is 8.78 Å². The molecule has 22 heavy (non-hydrogen) atoms. The molecule has 0 saturated heterocycles. The molecular formula is C14H12F2N4O2. The average molecular weight is 306 g/mol. The van der Waals surface area contributed by atoms with Crippen LogP contribution in [0.1, 0.15) is 24.8 Å². The van der Waals surface area contributed by atoms with Gasteiger partial charge in [-0.2, -0.15) is 19.0 Å². The first kappa shape index (κ1) is 14.3. The molecule has 1 aliphatic rings. The van der Waals surface area contributed by atoms with E-state index in [1.165, 1.54) is 19.3 Å². The van der Waals surface area contributed by atoms with Crippen molar-refractivity contribution in [3.8, 4) is 11.3 Å². The molecule has 2 N–H and O–H groups in total. The Morgan fingerprint density at radius 1 is 1.36 bits per heavy atom. The monoisotopic (exact) mass is 306 g/mol. The molecule has 6 nitrogen and oxygen atoms in total. The molecule has 1 aliphatic carbocycles. The van der Waals surface area contributed by atoms with Crippen LogP contribution in [0, 0.1) is 5.92 Å². The molecule has 0 amide bonds. The quantitative estimate of drug-likeness (QED) is 0.904. The van der Waals surface area contributed by atoms with Gasteiger partial charge in [-0.25, -0.2) is 4.79 Å². The van der Waals surface area contributed by atoms with E-state index < -0.39 is 17.3 Å². The van der Waals surface area contributed by atoms with Gasteiger partial charge in [-0.05, 0) is 42.4 Å². The largest absolute Gasteiger partial charge is 0.325 e. The van der Waals surface area contributed by atoms with Gasteiger partial charge in [0.15, 0.2) is 0 Å². The van der Waals surface area contributed by atoms with Crippen molar-refractivity contribution in [2.45, 2.75) is 19.3 Å². The Balaban J connectivity index is 1.93. The molecule has 0 aromatic carbocycles. The van der Waals surface area contributed by atoms with Crippen LogP contribution in [0.4, 0.5) is 8.78 Å². The number of aromatic nitrogens is 4. The number of hydrogen-bond donors (Lipinski definition) is 2. The highest BCUT2D eigenvalue weighted by molar-refractivity contribution is 5.57. The molecule has 3 rings (SSSR count). The van der Waals surface area contributed by atoms with Crippen LogP contribution in [0.25, 0.3) is 11.3 Å². The fourth-order valence-electron chi connectivity index (χ4n) is 2.50. The van der Waals surface area contributed by atoms with Gasteiger partial charge >= 0.3 is 5.69 Å². The number of hydrogen-bond acceptors (Lipinski definition) is 4. The third-order valence-corrected chi connectivity index (χ3v) is 3.84. The first-order chi connectivity index (χ1) is 10.5. The average Bonchev–Trinajstić information content (AvgIpc) is 3.27. The van der Waals surface area contributed by atoms with Gasteiger partial charge in [0.2, 0.25) is 0 Å². The van der Waals surface area contributed by atoms with E-state index in [4.69, 9.17) is 0 Å². The first-order valence-corrected chi connectivity index (χ1v) is 6.64. The molecule has 2 atom stereocenters. The van der Waals surface area contributed by atoms with Gasteiger partial charge < -0.3 is 4.98 Å². The Bertz CT molecular complexity index is 867. The van der Waals surface area contributed by atoms with Crippen LogP contribution < -0.4 is 11.2 Å². The van der Waals surface area contributed by atoms with Crippen molar-refractivity contribution in [2.75, 3.05) is 0 Å². The predicted octanol–water partition coefficient (Wildman–Crippen LogP) is 1.79. The minimum atomic E-state index is -1.65. The van der Waals surface area contributed by atoms with Crippen molar-refractivity contribution in [1.82, 2.24) is 20.2 Å². The highest BCUT2D eigenvalue weighted by Crippen LogP contribution is 2.52. The molecule has 2 heterocycles. The molecule has 0 spiro atoms. The van der Waals surface area contributed by atoms with E-state index in [9.17, 15) is 18.4 Å². The van der Waals surface area contributed by atoms with Crippen LogP contribution >= 0.6 is 0 Å². The van der Waals surface area contributed by atoms with E-state index in [0.29, 0.717) is 12.1 Å². The molecule has 0 bridgehead atoms. The second-order valence-electron chi connectivity index (χ2n) is 5.25. The van der Waals surface area contributed by atoms with Crippen LogP contribution in [0.15, 0.2) is 39.7 Å². The minimum absolute atomic E-state index is 0.0439.